The Bertz CT molecular complexity index is 1110. The normalized spacial score (nSPS) is 12.4. The molecule has 140 valence electrons. The van der Waals surface area contributed by atoms with Crippen molar-refractivity contribution in [2.75, 3.05) is 7.11 Å². The smallest absolute Gasteiger partial charge is 0.201 e. The first-order chi connectivity index (χ1) is 13.5. The molecule has 2 aromatic carbocycles. The number of halogens is 2. The minimum absolute atomic E-state index is 0.0119. The molecule has 0 saturated carbocycles. The van der Waals surface area contributed by atoms with Crippen LogP contribution in [0.5, 0.6) is 11.5 Å². The molecule has 1 aromatic heterocycles. The Balaban J connectivity index is 1.72. The van der Waals surface area contributed by atoms with E-state index < -0.39 is 17.4 Å². The quantitative estimate of drug-likeness (QED) is 0.515. The molecule has 0 saturated heterocycles. The van der Waals surface area contributed by atoms with Crippen molar-refractivity contribution in [1.29, 1.82) is 0 Å². The van der Waals surface area contributed by atoms with Crippen LogP contribution in [0.2, 0.25) is 5.02 Å². The number of rotatable bonds is 4. The fourth-order valence-electron chi connectivity index (χ4n) is 3.10. The SMILES string of the molecule is COc1ccc(COc2cncc3c2C(=O)c2c(F)ccc(Cl)c2C3=O)cc1. The van der Waals surface area contributed by atoms with Gasteiger partial charge in [0.25, 0.3) is 0 Å². The van der Waals surface area contributed by atoms with Crippen molar-refractivity contribution in [3.05, 3.63) is 87.4 Å². The zero-order valence-electron chi connectivity index (χ0n) is 14.7. The molecule has 7 heteroatoms. The third-order valence-electron chi connectivity index (χ3n) is 4.49. The van der Waals surface area contributed by atoms with E-state index in [9.17, 15) is 14.0 Å². The highest BCUT2D eigenvalue weighted by molar-refractivity contribution is 6.39. The molecule has 1 aliphatic rings. The van der Waals surface area contributed by atoms with E-state index in [0.29, 0.717) is 5.75 Å². The second-order valence-electron chi connectivity index (χ2n) is 6.13. The van der Waals surface area contributed by atoms with Crippen molar-refractivity contribution in [1.82, 2.24) is 4.98 Å². The Morgan fingerprint density at radius 2 is 1.71 bits per heavy atom. The van der Waals surface area contributed by atoms with Gasteiger partial charge >= 0.3 is 0 Å². The van der Waals surface area contributed by atoms with Crippen molar-refractivity contribution in [2.45, 2.75) is 6.61 Å². The summed E-state index contributed by atoms with van der Waals surface area (Å²) in [7, 11) is 1.57. The van der Waals surface area contributed by atoms with Gasteiger partial charge in [0.1, 0.15) is 23.9 Å². The number of hydrogen-bond donors (Lipinski definition) is 0. The van der Waals surface area contributed by atoms with E-state index in [-0.39, 0.29) is 39.6 Å². The van der Waals surface area contributed by atoms with Crippen molar-refractivity contribution in [3.63, 3.8) is 0 Å². The van der Waals surface area contributed by atoms with Crippen LogP contribution in [-0.4, -0.2) is 23.7 Å². The highest BCUT2D eigenvalue weighted by Gasteiger charge is 2.36. The first-order valence-electron chi connectivity index (χ1n) is 8.32. The van der Waals surface area contributed by atoms with Gasteiger partial charge in [-0.1, -0.05) is 23.7 Å². The first-order valence-corrected chi connectivity index (χ1v) is 8.70. The molecular formula is C21H13ClFNO4. The lowest BCUT2D eigenvalue weighted by Gasteiger charge is -2.21. The number of ketones is 2. The van der Waals surface area contributed by atoms with Gasteiger partial charge in [-0.15, -0.1) is 0 Å². The Hall–Kier alpha value is -3.25. The molecule has 28 heavy (non-hydrogen) atoms. The molecule has 1 heterocycles. The van der Waals surface area contributed by atoms with E-state index >= 15 is 0 Å². The maximum Gasteiger partial charge on any atom is 0.201 e. The highest BCUT2D eigenvalue weighted by Crippen LogP contribution is 2.36. The predicted octanol–water partition coefficient (Wildman–Crippen LogP) is 4.24. The fraction of sp³-hybridized carbons (Fsp3) is 0.0952. The molecule has 0 atom stereocenters. The van der Waals surface area contributed by atoms with Gasteiger partial charge in [-0.05, 0) is 29.8 Å². The van der Waals surface area contributed by atoms with Crippen LogP contribution in [0.4, 0.5) is 4.39 Å². The van der Waals surface area contributed by atoms with Crippen molar-refractivity contribution in [2.24, 2.45) is 0 Å². The Morgan fingerprint density at radius 1 is 0.964 bits per heavy atom. The standard InChI is InChI=1S/C21H13ClFNO4/c1-27-12-4-2-11(3-5-12)10-28-16-9-24-8-13-17(16)21(26)19-15(23)7-6-14(22)18(19)20(13)25/h2-9H,10H2,1H3. The first kappa shape index (κ1) is 18.1. The van der Waals surface area contributed by atoms with Crippen LogP contribution in [0.25, 0.3) is 0 Å². The third kappa shape index (κ3) is 2.92. The summed E-state index contributed by atoms with van der Waals surface area (Å²) in [6.07, 6.45) is 2.60. The average molecular weight is 398 g/mol. The molecule has 0 radical (unpaired) electrons. The number of carbonyl (C=O) groups is 2. The van der Waals surface area contributed by atoms with E-state index in [1.165, 1.54) is 18.5 Å². The molecule has 0 bridgehead atoms. The minimum atomic E-state index is -0.804. The van der Waals surface area contributed by atoms with Gasteiger partial charge in [0.05, 0.1) is 40.6 Å². The van der Waals surface area contributed by atoms with Crippen molar-refractivity contribution in [3.8, 4) is 11.5 Å². The number of methoxy groups -OCH3 is 1. The van der Waals surface area contributed by atoms with Crippen molar-refractivity contribution >= 4 is 23.2 Å². The van der Waals surface area contributed by atoms with Gasteiger partial charge in [-0.2, -0.15) is 0 Å². The van der Waals surface area contributed by atoms with Crippen LogP contribution >= 0.6 is 11.6 Å². The van der Waals surface area contributed by atoms with E-state index in [0.717, 1.165) is 11.6 Å². The lowest BCUT2D eigenvalue weighted by molar-refractivity contribution is 0.0971. The predicted molar refractivity (Wildman–Crippen MR) is 99.8 cm³/mol. The number of aromatic nitrogens is 1. The molecule has 4 rings (SSSR count). The molecule has 0 unspecified atom stereocenters. The zero-order chi connectivity index (χ0) is 19.8. The van der Waals surface area contributed by atoms with Crippen molar-refractivity contribution < 1.29 is 23.5 Å². The molecular weight excluding hydrogens is 385 g/mol. The molecule has 0 amide bonds. The third-order valence-corrected chi connectivity index (χ3v) is 4.81. The number of carbonyl (C=O) groups excluding carboxylic acids is 2. The maximum absolute atomic E-state index is 14.3. The number of pyridine rings is 1. The van der Waals surface area contributed by atoms with Crippen LogP contribution in [0.15, 0.2) is 48.8 Å². The molecule has 0 spiro atoms. The number of hydrogen-bond acceptors (Lipinski definition) is 5. The Labute approximate surface area is 164 Å². The Kier molecular flexibility index (Phi) is 4.57. The fourth-order valence-corrected chi connectivity index (χ4v) is 3.34. The number of benzene rings is 2. The summed E-state index contributed by atoms with van der Waals surface area (Å²) in [4.78, 5) is 29.8. The van der Waals surface area contributed by atoms with Crippen LogP contribution in [-0.2, 0) is 6.61 Å². The largest absolute Gasteiger partial charge is 0.497 e. The summed E-state index contributed by atoms with van der Waals surface area (Å²) in [5.41, 5.74) is 0.362. The van der Waals surface area contributed by atoms with E-state index in [2.05, 4.69) is 4.98 Å². The monoisotopic (exact) mass is 397 g/mol. The van der Waals surface area contributed by atoms with Crippen LogP contribution < -0.4 is 9.47 Å². The average Bonchev–Trinajstić information content (AvgIpc) is 2.72. The summed E-state index contributed by atoms with van der Waals surface area (Å²) in [6.45, 7) is 0.133. The topological polar surface area (TPSA) is 65.5 Å². The van der Waals surface area contributed by atoms with Gasteiger partial charge in [0.15, 0.2) is 5.78 Å². The number of nitrogens with zero attached hydrogens (tertiary/aromatic N) is 1. The van der Waals surface area contributed by atoms with Crippen LogP contribution in [0.1, 0.15) is 37.4 Å². The molecule has 0 fully saturated rings. The minimum Gasteiger partial charge on any atom is -0.497 e. The summed E-state index contributed by atoms with van der Waals surface area (Å²) in [6, 6.07) is 9.49. The molecule has 0 N–H and O–H groups in total. The van der Waals surface area contributed by atoms with E-state index in [4.69, 9.17) is 21.1 Å². The van der Waals surface area contributed by atoms with Crippen LogP contribution in [0, 0.1) is 5.82 Å². The lowest BCUT2D eigenvalue weighted by Crippen LogP contribution is -2.24. The maximum atomic E-state index is 14.3. The van der Waals surface area contributed by atoms with Gasteiger partial charge in [0.2, 0.25) is 5.78 Å². The highest BCUT2D eigenvalue weighted by atomic mass is 35.5. The van der Waals surface area contributed by atoms with Gasteiger partial charge in [0, 0.05) is 6.20 Å². The van der Waals surface area contributed by atoms with E-state index in [1.807, 2.05) is 12.1 Å². The lowest BCUT2D eigenvalue weighted by atomic mass is 9.84. The summed E-state index contributed by atoms with van der Waals surface area (Å²) in [5, 5.41) is 0.0185. The van der Waals surface area contributed by atoms with Gasteiger partial charge in [-0.3, -0.25) is 14.6 Å². The molecule has 3 aromatic rings. The van der Waals surface area contributed by atoms with Gasteiger partial charge in [-0.25, -0.2) is 4.39 Å². The molecule has 5 nitrogen and oxygen atoms in total. The number of fused-ring (bicyclic) bond motifs is 2. The number of ether oxygens (including phenoxy) is 2. The van der Waals surface area contributed by atoms with E-state index in [1.54, 1.807) is 19.2 Å². The molecule has 1 aliphatic carbocycles. The summed E-state index contributed by atoms with van der Waals surface area (Å²) < 4.78 is 25.2. The van der Waals surface area contributed by atoms with Gasteiger partial charge < -0.3 is 9.47 Å². The Morgan fingerprint density at radius 3 is 2.43 bits per heavy atom. The molecule has 0 aliphatic heterocycles. The summed E-state index contributed by atoms with van der Waals surface area (Å²) in [5.74, 6) is -1.21. The summed E-state index contributed by atoms with van der Waals surface area (Å²) >= 11 is 6.04. The second kappa shape index (κ2) is 7.05. The second-order valence-corrected chi connectivity index (χ2v) is 6.54. The zero-order valence-corrected chi connectivity index (χ0v) is 15.4. The van der Waals surface area contributed by atoms with Crippen LogP contribution in [0.3, 0.4) is 0 Å².